The molecule has 1 aliphatic heterocycles. The SMILES string of the molecule is CC1CCN(C(CN)c2cc(F)cc(Cl)c2)C1. The Morgan fingerprint density at radius 1 is 1.53 bits per heavy atom. The van der Waals surface area contributed by atoms with Gasteiger partial charge in [0.1, 0.15) is 5.82 Å². The minimum atomic E-state index is -0.293. The summed E-state index contributed by atoms with van der Waals surface area (Å²) in [4.78, 5) is 2.32. The van der Waals surface area contributed by atoms with Crippen LogP contribution in [0.15, 0.2) is 18.2 Å². The van der Waals surface area contributed by atoms with Gasteiger partial charge in [0.05, 0.1) is 0 Å². The van der Waals surface area contributed by atoms with Gasteiger partial charge in [0, 0.05) is 24.2 Å². The van der Waals surface area contributed by atoms with Gasteiger partial charge in [-0.15, -0.1) is 0 Å². The summed E-state index contributed by atoms with van der Waals surface area (Å²) in [6.45, 7) is 4.77. The number of rotatable bonds is 3. The molecule has 2 nitrogen and oxygen atoms in total. The first-order valence-electron chi connectivity index (χ1n) is 6.00. The maximum absolute atomic E-state index is 13.3. The minimum absolute atomic E-state index is 0.0770. The van der Waals surface area contributed by atoms with E-state index in [0.717, 1.165) is 18.7 Å². The Hall–Kier alpha value is -0.640. The van der Waals surface area contributed by atoms with E-state index in [1.54, 1.807) is 0 Å². The molecule has 1 aromatic carbocycles. The van der Waals surface area contributed by atoms with Crippen molar-refractivity contribution in [2.75, 3.05) is 19.6 Å². The van der Waals surface area contributed by atoms with Gasteiger partial charge >= 0.3 is 0 Å². The van der Waals surface area contributed by atoms with Crippen LogP contribution in [0.5, 0.6) is 0 Å². The molecule has 1 aromatic rings. The van der Waals surface area contributed by atoms with E-state index < -0.39 is 0 Å². The topological polar surface area (TPSA) is 29.3 Å². The Labute approximate surface area is 107 Å². The van der Waals surface area contributed by atoms with Gasteiger partial charge in [0.2, 0.25) is 0 Å². The zero-order chi connectivity index (χ0) is 12.4. The highest BCUT2D eigenvalue weighted by atomic mass is 35.5. The van der Waals surface area contributed by atoms with Gasteiger partial charge in [-0.1, -0.05) is 18.5 Å². The van der Waals surface area contributed by atoms with E-state index in [9.17, 15) is 4.39 Å². The molecule has 0 aliphatic carbocycles. The van der Waals surface area contributed by atoms with E-state index in [2.05, 4.69) is 11.8 Å². The van der Waals surface area contributed by atoms with Crippen molar-refractivity contribution in [1.29, 1.82) is 0 Å². The molecule has 17 heavy (non-hydrogen) atoms. The zero-order valence-corrected chi connectivity index (χ0v) is 10.8. The number of likely N-dealkylation sites (tertiary alicyclic amines) is 1. The lowest BCUT2D eigenvalue weighted by molar-refractivity contribution is 0.243. The van der Waals surface area contributed by atoms with Crippen LogP contribution in [-0.4, -0.2) is 24.5 Å². The van der Waals surface area contributed by atoms with E-state index in [1.165, 1.54) is 18.6 Å². The van der Waals surface area contributed by atoms with Crippen LogP contribution in [0.4, 0.5) is 4.39 Å². The lowest BCUT2D eigenvalue weighted by Crippen LogP contribution is -2.32. The number of benzene rings is 1. The quantitative estimate of drug-likeness (QED) is 0.901. The summed E-state index contributed by atoms with van der Waals surface area (Å²) in [6.07, 6.45) is 1.18. The fourth-order valence-corrected chi connectivity index (χ4v) is 2.75. The molecule has 0 radical (unpaired) electrons. The predicted molar refractivity (Wildman–Crippen MR) is 68.6 cm³/mol. The molecule has 2 N–H and O–H groups in total. The summed E-state index contributed by atoms with van der Waals surface area (Å²) in [5.74, 6) is 0.395. The number of halogens is 2. The molecule has 1 fully saturated rings. The zero-order valence-electron chi connectivity index (χ0n) is 10.00. The molecule has 2 atom stereocenters. The first-order chi connectivity index (χ1) is 8.10. The third-order valence-corrected chi connectivity index (χ3v) is 3.61. The first-order valence-corrected chi connectivity index (χ1v) is 6.38. The number of nitrogens with two attached hydrogens (primary N) is 1. The van der Waals surface area contributed by atoms with Crippen LogP contribution in [0, 0.1) is 11.7 Å². The molecule has 1 heterocycles. The Morgan fingerprint density at radius 2 is 2.29 bits per heavy atom. The van der Waals surface area contributed by atoms with Crippen LogP contribution in [-0.2, 0) is 0 Å². The molecule has 0 bridgehead atoms. The summed E-state index contributed by atoms with van der Waals surface area (Å²) < 4.78 is 13.3. The van der Waals surface area contributed by atoms with Crippen LogP contribution in [0.25, 0.3) is 0 Å². The highest BCUT2D eigenvalue weighted by molar-refractivity contribution is 6.30. The molecule has 1 saturated heterocycles. The van der Waals surface area contributed by atoms with Gasteiger partial charge in [-0.3, -0.25) is 4.90 Å². The highest BCUT2D eigenvalue weighted by Crippen LogP contribution is 2.28. The van der Waals surface area contributed by atoms with Gasteiger partial charge in [-0.05, 0) is 42.6 Å². The second kappa shape index (κ2) is 5.34. The monoisotopic (exact) mass is 256 g/mol. The van der Waals surface area contributed by atoms with Gasteiger partial charge in [-0.2, -0.15) is 0 Å². The summed E-state index contributed by atoms with van der Waals surface area (Å²) in [5.41, 5.74) is 6.70. The van der Waals surface area contributed by atoms with Crippen LogP contribution < -0.4 is 5.73 Å². The third kappa shape index (κ3) is 2.97. The highest BCUT2D eigenvalue weighted by Gasteiger charge is 2.26. The van der Waals surface area contributed by atoms with Gasteiger partial charge < -0.3 is 5.73 Å². The molecule has 2 unspecified atom stereocenters. The second-order valence-corrected chi connectivity index (χ2v) is 5.28. The van der Waals surface area contributed by atoms with Crippen molar-refractivity contribution in [3.63, 3.8) is 0 Å². The van der Waals surface area contributed by atoms with Gasteiger partial charge in [0.15, 0.2) is 0 Å². The third-order valence-electron chi connectivity index (χ3n) is 3.39. The fourth-order valence-electron chi connectivity index (χ4n) is 2.52. The lowest BCUT2D eigenvalue weighted by Gasteiger charge is -2.27. The average molecular weight is 257 g/mol. The lowest BCUT2D eigenvalue weighted by atomic mass is 10.1. The second-order valence-electron chi connectivity index (χ2n) is 4.84. The number of nitrogens with zero attached hydrogens (tertiary/aromatic N) is 1. The van der Waals surface area contributed by atoms with Crippen LogP contribution in [0.2, 0.25) is 5.02 Å². The van der Waals surface area contributed by atoms with Crippen molar-refractivity contribution in [2.45, 2.75) is 19.4 Å². The van der Waals surface area contributed by atoms with Crippen molar-refractivity contribution in [1.82, 2.24) is 4.90 Å². The van der Waals surface area contributed by atoms with Crippen molar-refractivity contribution in [3.8, 4) is 0 Å². The summed E-state index contributed by atoms with van der Waals surface area (Å²) in [5, 5.41) is 0.436. The Bertz CT molecular complexity index is 377. The van der Waals surface area contributed by atoms with E-state index >= 15 is 0 Å². The minimum Gasteiger partial charge on any atom is -0.329 e. The van der Waals surface area contributed by atoms with Crippen LogP contribution >= 0.6 is 11.6 Å². The maximum atomic E-state index is 13.3. The maximum Gasteiger partial charge on any atom is 0.125 e. The summed E-state index contributed by atoms with van der Waals surface area (Å²) in [6, 6.07) is 4.75. The van der Waals surface area contributed by atoms with E-state index in [1.807, 2.05) is 6.07 Å². The smallest absolute Gasteiger partial charge is 0.125 e. The molecule has 0 aromatic heterocycles. The molecular weight excluding hydrogens is 239 g/mol. The predicted octanol–water partition coefficient (Wildman–Crippen LogP) is 2.82. The van der Waals surface area contributed by atoms with Crippen molar-refractivity contribution in [2.24, 2.45) is 11.7 Å². The number of hydrogen-bond donors (Lipinski definition) is 1. The van der Waals surface area contributed by atoms with Crippen LogP contribution in [0.3, 0.4) is 0 Å². The van der Waals surface area contributed by atoms with Crippen LogP contribution in [0.1, 0.15) is 24.9 Å². The molecule has 0 amide bonds. The van der Waals surface area contributed by atoms with Gasteiger partial charge in [0.25, 0.3) is 0 Å². The molecule has 1 aliphatic rings. The fraction of sp³-hybridized carbons (Fsp3) is 0.538. The molecule has 0 saturated carbocycles. The normalized spacial score (nSPS) is 22.9. The van der Waals surface area contributed by atoms with E-state index in [0.29, 0.717) is 17.5 Å². The largest absolute Gasteiger partial charge is 0.329 e. The van der Waals surface area contributed by atoms with E-state index in [-0.39, 0.29) is 11.9 Å². The molecule has 4 heteroatoms. The van der Waals surface area contributed by atoms with Crippen molar-refractivity contribution in [3.05, 3.63) is 34.6 Å². The van der Waals surface area contributed by atoms with Gasteiger partial charge in [-0.25, -0.2) is 4.39 Å². The Morgan fingerprint density at radius 3 is 2.82 bits per heavy atom. The summed E-state index contributed by atoms with van der Waals surface area (Å²) in [7, 11) is 0. The molecular formula is C13H18ClFN2. The van der Waals surface area contributed by atoms with E-state index in [4.69, 9.17) is 17.3 Å². The standard InChI is InChI=1S/C13H18ClFN2/c1-9-2-3-17(8-9)13(7-16)10-4-11(14)6-12(15)5-10/h4-6,9,13H,2-3,7-8,16H2,1H3. The molecule has 94 valence electrons. The summed E-state index contributed by atoms with van der Waals surface area (Å²) >= 11 is 5.89. The molecule has 2 rings (SSSR count). The van der Waals surface area contributed by atoms with Crippen molar-refractivity contribution >= 4 is 11.6 Å². The Kier molecular flexibility index (Phi) is 4.02. The average Bonchev–Trinajstić information content (AvgIpc) is 2.64. The Balaban J connectivity index is 2.22. The van der Waals surface area contributed by atoms with Crippen molar-refractivity contribution < 1.29 is 4.39 Å². The first kappa shape index (κ1) is 12.8. The number of hydrogen-bond acceptors (Lipinski definition) is 2. The molecule has 0 spiro atoms.